The maximum atomic E-state index is 11.3. The minimum absolute atomic E-state index is 0.235. The van der Waals surface area contributed by atoms with Gasteiger partial charge in [-0.05, 0) is 26.2 Å². The van der Waals surface area contributed by atoms with Crippen LogP contribution in [-0.2, 0) is 4.79 Å². The van der Waals surface area contributed by atoms with Crippen LogP contribution in [0.2, 0.25) is 0 Å². The van der Waals surface area contributed by atoms with Crippen LogP contribution in [0.1, 0.15) is 34.1 Å². The smallest absolute Gasteiger partial charge is 0.318 e. The van der Waals surface area contributed by atoms with Crippen molar-refractivity contribution in [2.45, 2.75) is 46.2 Å². The van der Waals surface area contributed by atoms with Crippen molar-refractivity contribution in [3.8, 4) is 0 Å². The molecule has 0 spiro atoms. The van der Waals surface area contributed by atoms with Crippen LogP contribution in [0.3, 0.4) is 0 Å². The third-order valence-corrected chi connectivity index (χ3v) is 2.00. The number of imide groups is 1. The Morgan fingerprint density at radius 1 is 1.20 bits per heavy atom. The molecule has 2 unspecified atom stereocenters. The van der Waals surface area contributed by atoms with E-state index in [0.717, 1.165) is 6.42 Å². The van der Waals surface area contributed by atoms with Crippen LogP contribution in [0.4, 0.5) is 4.79 Å². The van der Waals surface area contributed by atoms with Crippen LogP contribution in [0, 0.1) is 5.92 Å². The Hall–Kier alpha value is -1.10. The minimum atomic E-state index is -0.815. The van der Waals surface area contributed by atoms with Gasteiger partial charge in [0, 0.05) is 6.04 Å². The molecule has 15 heavy (non-hydrogen) atoms. The number of rotatable bonds is 5. The van der Waals surface area contributed by atoms with Gasteiger partial charge < -0.3 is 11.1 Å². The summed E-state index contributed by atoms with van der Waals surface area (Å²) in [6, 6.07) is -0.991. The highest BCUT2D eigenvalue weighted by Gasteiger charge is 2.16. The average Bonchev–Trinajstić information content (AvgIpc) is 2.00. The maximum Gasteiger partial charge on any atom is 0.318 e. The largest absolute Gasteiger partial charge is 0.351 e. The van der Waals surface area contributed by atoms with Gasteiger partial charge in [0.15, 0.2) is 0 Å². The van der Waals surface area contributed by atoms with Gasteiger partial charge in [0.05, 0.1) is 6.04 Å². The molecule has 0 aromatic carbocycles. The highest BCUT2D eigenvalue weighted by Crippen LogP contribution is 2.04. The lowest BCUT2D eigenvalue weighted by Crippen LogP contribution is -2.49. The van der Waals surface area contributed by atoms with E-state index >= 15 is 0 Å². The number of nitrogens with one attached hydrogen (secondary N) is 2. The monoisotopic (exact) mass is 215 g/mol. The molecule has 0 saturated carbocycles. The zero-order valence-electron chi connectivity index (χ0n) is 9.83. The summed E-state index contributed by atoms with van der Waals surface area (Å²) in [5.74, 6) is 0.178. The van der Waals surface area contributed by atoms with E-state index in [2.05, 4.69) is 19.2 Å². The lowest BCUT2D eigenvalue weighted by atomic mass is 10.0. The zero-order chi connectivity index (χ0) is 12.0. The molecular formula is C10H21N3O2. The molecule has 0 aliphatic heterocycles. The van der Waals surface area contributed by atoms with Gasteiger partial charge in [-0.1, -0.05) is 13.8 Å². The fourth-order valence-electron chi connectivity index (χ4n) is 1.51. The first-order chi connectivity index (χ1) is 6.82. The molecule has 0 aromatic rings. The summed E-state index contributed by atoms with van der Waals surface area (Å²) in [7, 11) is 0. The number of hydrogen-bond acceptors (Lipinski definition) is 3. The molecule has 5 heteroatoms. The van der Waals surface area contributed by atoms with Crippen molar-refractivity contribution < 1.29 is 9.59 Å². The first kappa shape index (κ1) is 13.9. The molecule has 0 saturated heterocycles. The molecule has 0 heterocycles. The standard InChI is InChI=1S/C10H21N3O2/c1-6(2)5-7(3)12-8(4)9(14)13-10(11)15/h6-8,12H,5H2,1-4H3,(H3,11,13,14,15). The zero-order valence-corrected chi connectivity index (χ0v) is 9.83. The van der Waals surface area contributed by atoms with Crippen LogP contribution in [-0.4, -0.2) is 24.0 Å². The lowest BCUT2D eigenvalue weighted by Gasteiger charge is -2.20. The van der Waals surface area contributed by atoms with Crippen molar-refractivity contribution in [2.24, 2.45) is 11.7 Å². The SMILES string of the molecule is CC(C)CC(C)NC(C)C(=O)NC(N)=O. The number of urea groups is 1. The van der Waals surface area contributed by atoms with Gasteiger partial charge in [-0.25, -0.2) is 4.79 Å². The first-order valence-corrected chi connectivity index (χ1v) is 5.19. The second kappa shape index (κ2) is 6.40. The summed E-state index contributed by atoms with van der Waals surface area (Å²) in [6.07, 6.45) is 0.980. The molecule has 3 amide bonds. The van der Waals surface area contributed by atoms with Crippen LogP contribution < -0.4 is 16.4 Å². The predicted molar refractivity (Wildman–Crippen MR) is 59.2 cm³/mol. The van der Waals surface area contributed by atoms with Gasteiger partial charge >= 0.3 is 6.03 Å². The van der Waals surface area contributed by atoms with Crippen LogP contribution in [0.15, 0.2) is 0 Å². The van der Waals surface area contributed by atoms with Crippen LogP contribution >= 0.6 is 0 Å². The summed E-state index contributed by atoms with van der Waals surface area (Å²) < 4.78 is 0. The van der Waals surface area contributed by atoms with Gasteiger partial charge in [-0.15, -0.1) is 0 Å². The van der Waals surface area contributed by atoms with Crippen molar-refractivity contribution in [3.63, 3.8) is 0 Å². The fourth-order valence-corrected chi connectivity index (χ4v) is 1.51. The molecule has 0 aromatic heterocycles. The summed E-state index contributed by atoms with van der Waals surface area (Å²) in [5.41, 5.74) is 4.84. The fraction of sp³-hybridized carbons (Fsp3) is 0.800. The number of amides is 3. The van der Waals surface area contributed by atoms with E-state index < -0.39 is 18.0 Å². The minimum Gasteiger partial charge on any atom is -0.351 e. The molecule has 0 aliphatic rings. The molecule has 0 fully saturated rings. The van der Waals surface area contributed by atoms with Gasteiger partial charge in [0.25, 0.3) is 0 Å². The number of carbonyl (C=O) groups is 2. The first-order valence-electron chi connectivity index (χ1n) is 5.19. The molecule has 4 N–H and O–H groups in total. The average molecular weight is 215 g/mol. The topological polar surface area (TPSA) is 84.2 Å². The van der Waals surface area contributed by atoms with E-state index in [1.807, 2.05) is 12.2 Å². The van der Waals surface area contributed by atoms with E-state index in [-0.39, 0.29) is 6.04 Å². The van der Waals surface area contributed by atoms with Gasteiger partial charge in [0.1, 0.15) is 0 Å². The quantitative estimate of drug-likeness (QED) is 0.627. The third kappa shape index (κ3) is 6.90. The van der Waals surface area contributed by atoms with Crippen molar-refractivity contribution in [3.05, 3.63) is 0 Å². The van der Waals surface area contributed by atoms with Crippen LogP contribution in [0.5, 0.6) is 0 Å². The molecule has 5 nitrogen and oxygen atoms in total. The maximum absolute atomic E-state index is 11.3. The van der Waals surface area contributed by atoms with E-state index in [0.29, 0.717) is 5.92 Å². The Labute approximate surface area is 90.8 Å². The molecule has 0 rings (SSSR count). The van der Waals surface area contributed by atoms with E-state index in [1.165, 1.54) is 0 Å². The summed E-state index contributed by atoms with van der Waals surface area (Å²) in [5, 5.41) is 5.14. The van der Waals surface area contributed by atoms with Gasteiger partial charge in [0.2, 0.25) is 5.91 Å². The summed E-state index contributed by atoms with van der Waals surface area (Å²) in [4.78, 5) is 21.7. The van der Waals surface area contributed by atoms with E-state index in [9.17, 15) is 9.59 Å². The van der Waals surface area contributed by atoms with Crippen molar-refractivity contribution in [1.82, 2.24) is 10.6 Å². The molecule has 0 aliphatic carbocycles. The molecule has 2 atom stereocenters. The van der Waals surface area contributed by atoms with E-state index in [4.69, 9.17) is 5.73 Å². The second-order valence-corrected chi connectivity index (χ2v) is 4.27. The van der Waals surface area contributed by atoms with Gasteiger partial charge in [-0.2, -0.15) is 0 Å². The summed E-state index contributed by atoms with van der Waals surface area (Å²) in [6.45, 7) is 7.95. The van der Waals surface area contributed by atoms with E-state index in [1.54, 1.807) is 6.92 Å². The Morgan fingerprint density at radius 3 is 2.13 bits per heavy atom. The summed E-state index contributed by atoms with van der Waals surface area (Å²) >= 11 is 0. The highest BCUT2D eigenvalue weighted by molar-refractivity contribution is 5.96. The normalized spacial score (nSPS) is 14.7. The highest BCUT2D eigenvalue weighted by atomic mass is 16.2. The van der Waals surface area contributed by atoms with Crippen LogP contribution in [0.25, 0.3) is 0 Å². The molecular weight excluding hydrogens is 194 g/mol. The molecule has 0 bridgehead atoms. The third-order valence-electron chi connectivity index (χ3n) is 2.00. The predicted octanol–water partition coefficient (Wildman–Crippen LogP) is 0.594. The van der Waals surface area contributed by atoms with Gasteiger partial charge in [-0.3, -0.25) is 10.1 Å². The molecule has 0 radical (unpaired) electrons. The number of hydrogen-bond donors (Lipinski definition) is 3. The number of carbonyl (C=O) groups excluding carboxylic acids is 2. The van der Waals surface area contributed by atoms with Crippen molar-refractivity contribution in [1.29, 1.82) is 0 Å². The Kier molecular flexibility index (Phi) is 5.93. The van der Waals surface area contributed by atoms with Crippen molar-refractivity contribution >= 4 is 11.9 Å². The molecule has 88 valence electrons. The number of primary amides is 1. The Morgan fingerprint density at radius 2 is 1.73 bits per heavy atom. The Bertz CT molecular complexity index is 229. The van der Waals surface area contributed by atoms with Crippen molar-refractivity contribution in [2.75, 3.05) is 0 Å². The second-order valence-electron chi connectivity index (χ2n) is 4.27. The lowest BCUT2D eigenvalue weighted by molar-refractivity contribution is -0.121. The Balaban J connectivity index is 3.95. The number of nitrogens with two attached hydrogens (primary N) is 1.